The molecule has 0 N–H and O–H groups in total. The Bertz CT molecular complexity index is 8.00. The molecule has 0 aliphatic carbocycles. The van der Waals surface area contributed by atoms with Crippen molar-refractivity contribution in [2.45, 2.75) is 0 Å². The van der Waals surface area contributed by atoms with Gasteiger partial charge in [-0.2, -0.15) is 0 Å². The van der Waals surface area contributed by atoms with Gasteiger partial charge in [0, 0.05) is 0 Å². The summed E-state index contributed by atoms with van der Waals surface area (Å²) in [6, 6.07) is 0. The van der Waals surface area contributed by atoms with E-state index in [1.807, 2.05) is 0 Å². The highest BCUT2D eigenvalue weighted by atomic mass is 127. The highest BCUT2D eigenvalue weighted by Crippen LogP contribution is 2.40. The van der Waals surface area contributed by atoms with Crippen molar-refractivity contribution in [3.8, 4) is 0 Å². The topological polar surface area (TPSA) is 0 Å². The second kappa shape index (κ2) is 4.59. The van der Waals surface area contributed by atoms with E-state index in [0.717, 1.165) is 14.2 Å². The maximum Gasteiger partial charge on any atom is -0.0335 e. The highest BCUT2D eigenvalue weighted by Gasteiger charge is 1.56. The van der Waals surface area contributed by atoms with E-state index < -0.39 is 0 Å². The lowest BCUT2D eigenvalue weighted by Crippen LogP contribution is -1.05. The van der Waals surface area contributed by atoms with Gasteiger partial charge in [-0.15, -0.1) is 0 Å². The number of halogens is 1. The van der Waals surface area contributed by atoms with Crippen LogP contribution in [0.1, 0.15) is 0 Å². The third-order valence-corrected chi connectivity index (χ3v) is 5.70. The Morgan fingerprint density at radius 1 is 1.75 bits per heavy atom. The maximum absolute atomic E-state index is 2.39. The summed E-state index contributed by atoms with van der Waals surface area (Å²) in [7, 11) is 1.15. The Balaban J connectivity index is 1.97. The molecular formula is CH5IP2. The van der Waals surface area contributed by atoms with Crippen LogP contribution in [0.25, 0.3) is 0 Å². The van der Waals surface area contributed by atoms with Crippen molar-refractivity contribution < 1.29 is 0 Å². The molecule has 0 aliphatic heterocycles. The minimum absolute atomic E-state index is 1.14. The van der Waals surface area contributed by atoms with Crippen LogP contribution in [0.4, 0.5) is 0 Å². The zero-order valence-corrected chi connectivity index (χ0v) is 6.54. The van der Waals surface area contributed by atoms with E-state index in [-0.39, 0.29) is 0 Å². The van der Waals surface area contributed by atoms with Crippen LogP contribution in [-0.4, -0.2) is 6.66 Å². The Kier molecular flexibility index (Phi) is 6.41. The molecule has 0 amide bonds. The number of rotatable bonds is 1. The molecule has 0 rings (SSSR count). The molecule has 0 saturated carbocycles. The van der Waals surface area contributed by atoms with E-state index >= 15 is 0 Å². The fourth-order valence-corrected chi connectivity index (χ4v) is 0. The van der Waals surface area contributed by atoms with Crippen LogP contribution in [0.5, 0.6) is 0 Å². The van der Waals surface area contributed by atoms with Crippen LogP contribution in [-0.2, 0) is 0 Å². The SMILES string of the molecule is CPPI. The number of hydrogen-bond donors (Lipinski definition) is 0. The number of hydrogen-bond acceptors (Lipinski definition) is 0. The van der Waals surface area contributed by atoms with Crippen LogP contribution >= 0.6 is 36.2 Å². The standard InChI is InChI=1S/CH5IP2/c1-3-4-2/h3-4H,1H3. The summed E-state index contributed by atoms with van der Waals surface area (Å²) in [4.78, 5) is 0. The van der Waals surface area contributed by atoms with E-state index in [9.17, 15) is 0 Å². The summed E-state index contributed by atoms with van der Waals surface area (Å²) >= 11 is 2.39. The predicted octanol–water partition coefficient (Wildman–Crippen LogP) is 2.24. The van der Waals surface area contributed by atoms with Gasteiger partial charge in [-0.25, -0.2) is 0 Å². The molecule has 4 heavy (non-hydrogen) atoms. The quantitative estimate of drug-likeness (QED) is 0.455. The van der Waals surface area contributed by atoms with Gasteiger partial charge in [0.25, 0.3) is 0 Å². The molecular weight excluding hydrogens is 201 g/mol. The van der Waals surface area contributed by atoms with E-state index in [1.165, 1.54) is 0 Å². The molecule has 0 heterocycles. The van der Waals surface area contributed by atoms with Gasteiger partial charge in [0.15, 0.2) is 0 Å². The van der Waals surface area contributed by atoms with Gasteiger partial charge in [0.05, 0.1) is 0 Å². The van der Waals surface area contributed by atoms with Crippen LogP contribution in [0.3, 0.4) is 0 Å². The monoisotopic (exact) mass is 206 g/mol. The molecule has 0 aliphatic rings. The third kappa shape index (κ3) is 3.59. The van der Waals surface area contributed by atoms with Gasteiger partial charge >= 0.3 is 0 Å². The van der Waals surface area contributed by atoms with Gasteiger partial charge < -0.3 is 0 Å². The normalized spacial score (nSPS) is 13.5. The summed E-state index contributed by atoms with van der Waals surface area (Å²) in [6.07, 6.45) is 0. The van der Waals surface area contributed by atoms with Gasteiger partial charge in [0.1, 0.15) is 0 Å². The van der Waals surface area contributed by atoms with E-state index in [4.69, 9.17) is 0 Å². The molecule has 0 spiro atoms. The van der Waals surface area contributed by atoms with Gasteiger partial charge in [-0.05, 0) is 12.6 Å². The Labute approximate surface area is 43.1 Å². The van der Waals surface area contributed by atoms with E-state index in [2.05, 4.69) is 28.7 Å². The molecule has 0 aromatic heterocycles. The average Bonchev–Trinajstić information content (AvgIpc) is 1.37. The summed E-state index contributed by atoms with van der Waals surface area (Å²) in [5.41, 5.74) is 0. The van der Waals surface area contributed by atoms with Crippen molar-refractivity contribution in [1.29, 1.82) is 0 Å². The smallest absolute Gasteiger partial charge is 0.0335 e. The van der Waals surface area contributed by atoms with Crippen LogP contribution in [0.2, 0.25) is 0 Å². The first kappa shape index (κ1) is 5.59. The van der Waals surface area contributed by atoms with Gasteiger partial charge in [0.2, 0.25) is 0 Å². The largest absolute Gasteiger partial charge is 0.0920 e. The highest BCUT2D eigenvalue weighted by molar-refractivity contribution is 14.2. The van der Waals surface area contributed by atoms with Crippen molar-refractivity contribution in [1.82, 2.24) is 0 Å². The molecule has 0 nitrogen and oxygen atoms in total. The van der Waals surface area contributed by atoms with Crippen molar-refractivity contribution >= 4 is 36.2 Å². The van der Waals surface area contributed by atoms with Crippen LogP contribution in [0, 0.1) is 0 Å². The van der Waals surface area contributed by atoms with Crippen molar-refractivity contribution in [3.63, 3.8) is 0 Å². The maximum atomic E-state index is 2.39. The average molecular weight is 206 g/mol. The zero-order chi connectivity index (χ0) is 3.41. The molecule has 26 valence electrons. The minimum atomic E-state index is 1.14. The Morgan fingerprint density at radius 2 is 2.00 bits per heavy atom. The van der Waals surface area contributed by atoms with Gasteiger partial charge in [-0.1, -0.05) is 30.3 Å². The summed E-state index contributed by atoms with van der Waals surface area (Å²) in [5, 5.41) is 0. The molecule has 0 fully saturated rings. The summed E-state index contributed by atoms with van der Waals surface area (Å²) < 4.78 is 0. The third-order valence-electron chi connectivity index (χ3n) is 0.0945. The van der Waals surface area contributed by atoms with Crippen molar-refractivity contribution in [2.24, 2.45) is 0 Å². The zero-order valence-electron chi connectivity index (χ0n) is 2.38. The molecule has 0 radical (unpaired) electrons. The molecule has 0 aromatic rings. The Morgan fingerprint density at radius 3 is 2.00 bits per heavy atom. The molecule has 0 aromatic carbocycles. The molecule has 0 bridgehead atoms. The molecule has 2 unspecified atom stereocenters. The first-order valence-electron chi connectivity index (χ1n) is 0.939. The summed E-state index contributed by atoms with van der Waals surface area (Å²) in [6.45, 7) is 2.21. The predicted molar refractivity (Wildman–Crippen MR) is 36.6 cm³/mol. The lowest BCUT2D eigenvalue weighted by Gasteiger charge is -1.68. The lowest BCUT2D eigenvalue weighted by molar-refractivity contribution is 2.51. The molecule has 2 atom stereocenters. The van der Waals surface area contributed by atoms with Crippen LogP contribution < -0.4 is 0 Å². The first-order chi connectivity index (χ1) is 1.91. The molecule has 3 heteroatoms. The summed E-state index contributed by atoms with van der Waals surface area (Å²) in [5.74, 6) is 1.14. The fourth-order valence-electron chi connectivity index (χ4n) is 0. The fraction of sp³-hybridized carbons (Fsp3) is 1.00. The van der Waals surface area contributed by atoms with E-state index in [0.29, 0.717) is 0 Å². The Hall–Kier alpha value is 1.59. The van der Waals surface area contributed by atoms with E-state index in [1.54, 1.807) is 0 Å². The molecule has 0 saturated heterocycles. The van der Waals surface area contributed by atoms with Crippen LogP contribution in [0.15, 0.2) is 0 Å². The second-order valence-electron chi connectivity index (χ2n) is 0.344. The minimum Gasteiger partial charge on any atom is -0.0920 e. The van der Waals surface area contributed by atoms with Crippen molar-refractivity contribution in [3.05, 3.63) is 0 Å². The first-order valence-corrected chi connectivity index (χ1v) is 7.55. The van der Waals surface area contributed by atoms with Gasteiger partial charge in [-0.3, -0.25) is 0 Å². The van der Waals surface area contributed by atoms with Crippen molar-refractivity contribution in [2.75, 3.05) is 6.66 Å². The lowest BCUT2D eigenvalue weighted by atomic mass is 12.0. The second-order valence-corrected chi connectivity index (χ2v) is 7.95.